The second kappa shape index (κ2) is 7.42. The minimum Gasteiger partial charge on any atom is -0.497 e. The van der Waals surface area contributed by atoms with Crippen molar-refractivity contribution >= 4 is 5.97 Å². The topological polar surface area (TPSA) is 90.4 Å². The Balaban J connectivity index is 2.14. The second-order valence-electron chi connectivity index (χ2n) is 4.76. The molecule has 0 fully saturated rings. The number of aromatic nitrogens is 2. The largest absolute Gasteiger partial charge is 0.497 e. The van der Waals surface area contributed by atoms with E-state index in [4.69, 9.17) is 10.5 Å². The van der Waals surface area contributed by atoms with Crippen molar-refractivity contribution in [1.29, 1.82) is 0 Å². The third-order valence-electron chi connectivity index (χ3n) is 3.21. The van der Waals surface area contributed by atoms with Crippen LogP contribution in [-0.4, -0.2) is 34.3 Å². The van der Waals surface area contributed by atoms with Crippen LogP contribution in [0.5, 0.6) is 5.75 Å². The van der Waals surface area contributed by atoms with Gasteiger partial charge in [0, 0.05) is 23.9 Å². The molecule has 1 heterocycles. The van der Waals surface area contributed by atoms with Crippen molar-refractivity contribution in [2.24, 2.45) is 5.73 Å². The molecule has 0 amide bonds. The van der Waals surface area contributed by atoms with Gasteiger partial charge >= 0.3 is 5.97 Å². The highest BCUT2D eigenvalue weighted by Gasteiger charge is 2.10. The Labute approximate surface area is 128 Å². The lowest BCUT2D eigenvalue weighted by Gasteiger charge is -2.03. The van der Waals surface area contributed by atoms with Gasteiger partial charge in [-0.3, -0.25) is 0 Å². The molecule has 2 rings (SSSR count). The van der Waals surface area contributed by atoms with Crippen molar-refractivity contribution < 1.29 is 14.6 Å². The highest BCUT2D eigenvalue weighted by atomic mass is 16.5. The van der Waals surface area contributed by atoms with Crippen molar-refractivity contribution in [3.8, 4) is 11.4 Å². The number of hydrogen-bond donors (Lipinski definition) is 2. The van der Waals surface area contributed by atoms with E-state index in [9.17, 15) is 9.90 Å². The number of benzene rings is 1. The average Bonchev–Trinajstić information content (AvgIpc) is 3.00. The van der Waals surface area contributed by atoms with Gasteiger partial charge in [-0.15, -0.1) is 0 Å². The standard InChI is InChI=1S/C16H19N3O3/c1-22-15-6-4-14(5-7-15)19-10-13(18-11-19)9-12(16(20)21)3-2-8-17/h3-7,10-11H,2,8-9,17H2,1H3,(H,20,21)/b12-3-. The zero-order chi connectivity index (χ0) is 15.9. The van der Waals surface area contributed by atoms with Gasteiger partial charge in [0.05, 0.1) is 19.1 Å². The molecule has 0 aliphatic rings. The maximum atomic E-state index is 11.2. The van der Waals surface area contributed by atoms with Gasteiger partial charge in [-0.05, 0) is 37.2 Å². The SMILES string of the molecule is COc1ccc(-n2cnc(C/C(=C/CCN)C(=O)O)c2)cc1. The molecule has 2 aromatic rings. The Morgan fingerprint density at radius 3 is 2.73 bits per heavy atom. The van der Waals surface area contributed by atoms with E-state index in [1.165, 1.54) is 0 Å². The Hall–Kier alpha value is -2.60. The van der Waals surface area contributed by atoms with Crippen molar-refractivity contribution in [2.45, 2.75) is 12.8 Å². The van der Waals surface area contributed by atoms with Crippen molar-refractivity contribution in [2.75, 3.05) is 13.7 Å². The summed E-state index contributed by atoms with van der Waals surface area (Å²) >= 11 is 0. The summed E-state index contributed by atoms with van der Waals surface area (Å²) in [6.45, 7) is 0.428. The van der Waals surface area contributed by atoms with E-state index in [0.29, 0.717) is 24.2 Å². The summed E-state index contributed by atoms with van der Waals surface area (Å²) < 4.78 is 6.96. The van der Waals surface area contributed by atoms with Crippen LogP contribution in [0.25, 0.3) is 5.69 Å². The van der Waals surface area contributed by atoms with Gasteiger partial charge in [0.25, 0.3) is 0 Å². The predicted octanol–water partition coefficient (Wildman–Crippen LogP) is 1.78. The van der Waals surface area contributed by atoms with E-state index in [0.717, 1.165) is 11.4 Å². The highest BCUT2D eigenvalue weighted by Crippen LogP contribution is 2.16. The summed E-state index contributed by atoms with van der Waals surface area (Å²) in [5.74, 6) is -0.158. The van der Waals surface area contributed by atoms with Crippen LogP contribution in [0, 0.1) is 0 Å². The van der Waals surface area contributed by atoms with Crippen LogP contribution in [0.4, 0.5) is 0 Å². The van der Waals surface area contributed by atoms with E-state index in [-0.39, 0.29) is 6.42 Å². The number of carboxylic acid groups (broad SMARTS) is 1. The Bertz CT molecular complexity index is 660. The lowest BCUT2D eigenvalue weighted by molar-refractivity contribution is -0.132. The Kier molecular flexibility index (Phi) is 5.32. The number of nitrogens with zero attached hydrogens (tertiary/aromatic N) is 2. The lowest BCUT2D eigenvalue weighted by atomic mass is 10.1. The number of carboxylic acids is 1. The molecule has 116 valence electrons. The molecule has 6 heteroatoms. The summed E-state index contributed by atoms with van der Waals surface area (Å²) in [6.07, 6.45) is 5.95. The van der Waals surface area contributed by atoms with Gasteiger partial charge < -0.3 is 20.1 Å². The van der Waals surface area contributed by atoms with Crippen LogP contribution in [0.3, 0.4) is 0 Å². The van der Waals surface area contributed by atoms with Crippen LogP contribution in [0.2, 0.25) is 0 Å². The number of imidazole rings is 1. The van der Waals surface area contributed by atoms with E-state index in [2.05, 4.69) is 4.98 Å². The normalized spacial score (nSPS) is 11.5. The molecular weight excluding hydrogens is 282 g/mol. The second-order valence-corrected chi connectivity index (χ2v) is 4.76. The molecule has 0 atom stereocenters. The first-order valence-electron chi connectivity index (χ1n) is 6.93. The number of methoxy groups -OCH3 is 1. The number of ether oxygens (including phenoxy) is 1. The number of aliphatic carboxylic acids is 1. The summed E-state index contributed by atoms with van der Waals surface area (Å²) in [5.41, 5.74) is 7.35. The van der Waals surface area contributed by atoms with E-state index < -0.39 is 5.97 Å². The van der Waals surface area contributed by atoms with E-state index in [1.54, 1.807) is 19.5 Å². The first-order valence-corrected chi connectivity index (χ1v) is 6.93. The van der Waals surface area contributed by atoms with Crippen LogP contribution in [0.1, 0.15) is 12.1 Å². The quantitative estimate of drug-likeness (QED) is 0.761. The van der Waals surface area contributed by atoms with E-state index in [1.807, 2.05) is 35.0 Å². The molecule has 0 unspecified atom stereocenters. The van der Waals surface area contributed by atoms with E-state index >= 15 is 0 Å². The smallest absolute Gasteiger partial charge is 0.331 e. The maximum Gasteiger partial charge on any atom is 0.331 e. The molecule has 6 nitrogen and oxygen atoms in total. The van der Waals surface area contributed by atoms with Gasteiger partial charge in [-0.1, -0.05) is 6.08 Å². The molecule has 0 bridgehead atoms. The summed E-state index contributed by atoms with van der Waals surface area (Å²) in [6, 6.07) is 7.54. The number of hydrogen-bond acceptors (Lipinski definition) is 4. The third-order valence-corrected chi connectivity index (χ3v) is 3.21. The minimum atomic E-state index is -0.938. The number of nitrogens with two attached hydrogens (primary N) is 1. The zero-order valence-electron chi connectivity index (χ0n) is 12.4. The van der Waals surface area contributed by atoms with Gasteiger partial charge in [0.15, 0.2) is 0 Å². The maximum absolute atomic E-state index is 11.2. The number of carbonyl (C=O) groups is 1. The molecule has 0 saturated carbocycles. The predicted molar refractivity (Wildman–Crippen MR) is 83.2 cm³/mol. The van der Waals surface area contributed by atoms with Crippen LogP contribution in [0.15, 0.2) is 48.4 Å². The van der Waals surface area contributed by atoms with Crippen LogP contribution < -0.4 is 10.5 Å². The highest BCUT2D eigenvalue weighted by molar-refractivity contribution is 5.86. The number of rotatable bonds is 7. The van der Waals surface area contributed by atoms with Crippen molar-refractivity contribution in [3.63, 3.8) is 0 Å². The molecule has 0 aliphatic heterocycles. The van der Waals surface area contributed by atoms with Gasteiger partial charge in [-0.2, -0.15) is 0 Å². The summed E-state index contributed by atoms with van der Waals surface area (Å²) in [5, 5.41) is 9.19. The molecular formula is C16H19N3O3. The fraction of sp³-hybridized carbons (Fsp3) is 0.250. The lowest BCUT2D eigenvalue weighted by Crippen LogP contribution is -2.06. The molecule has 0 spiro atoms. The van der Waals surface area contributed by atoms with Crippen molar-refractivity contribution in [3.05, 3.63) is 54.1 Å². The van der Waals surface area contributed by atoms with Gasteiger partial charge in [0.1, 0.15) is 5.75 Å². The minimum absolute atomic E-state index is 0.276. The Morgan fingerprint density at radius 2 is 2.14 bits per heavy atom. The molecule has 3 N–H and O–H groups in total. The van der Waals surface area contributed by atoms with Gasteiger partial charge in [0.2, 0.25) is 0 Å². The third kappa shape index (κ3) is 3.95. The first kappa shape index (κ1) is 15.8. The molecule has 22 heavy (non-hydrogen) atoms. The monoisotopic (exact) mass is 301 g/mol. The summed E-state index contributed by atoms with van der Waals surface area (Å²) in [4.78, 5) is 15.5. The van der Waals surface area contributed by atoms with Crippen LogP contribution >= 0.6 is 0 Å². The summed E-state index contributed by atoms with van der Waals surface area (Å²) in [7, 11) is 1.62. The zero-order valence-corrected chi connectivity index (χ0v) is 12.4. The van der Waals surface area contributed by atoms with Crippen molar-refractivity contribution in [1.82, 2.24) is 9.55 Å². The molecule has 1 aromatic carbocycles. The fourth-order valence-corrected chi connectivity index (χ4v) is 2.04. The van der Waals surface area contributed by atoms with Gasteiger partial charge in [-0.25, -0.2) is 9.78 Å². The fourth-order valence-electron chi connectivity index (χ4n) is 2.04. The van der Waals surface area contributed by atoms with Crippen LogP contribution in [-0.2, 0) is 11.2 Å². The molecule has 0 radical (unpaired) electrons. The first-order chi connectivity index (χ1) is 10.6. The Morgan fingerprint density at radius 1 is 1.41 bits per heavy atom. The molecule has 0 saturated heterocycles. The average molecular weight is 301 g/mol. The molecule has 0 aliphatic carbocycles. The molecule has 1 aromatic heterocycles.